The first kappa shape index (κ1) is 32.1. The van der Waals surface area contributed by atoms with E-state index in [-0.39, 0.29) is 23.4 Å². The number of hydrogen-bond acceptors (Lipinski definition) is 5. The summed E-state index contributed by atoms with van der Waals surface area (Å²) in [5.41, 5.74) is 3.82. The fraction of sp³-hybridized carbons (Fsp3) is 0.412. The number of anilines is 1. The van der Waals surface area contributed by atoms with Crippen LogP contribution in [0.4, 0.5) is 5.69 Å². The Bertz CT molecular complexity index is 1510. The number of aryl methyl sites for hydroxylation is 2. The summed E-state index contributed by atoms with van der Waals surface area (Å²) in [5.74, 6) is -0.0397. The molecule has 1 aliphatic rings. The fourth-order valence-corrected chi connectivity index (χ4v) is 6.91. The van der Waals surface area contributed by atoms with Crippen molar-refractivity contribution in [3.63, 3.8) is 0 Å². The lowest BCUT2D eigenvalue weighted by Crippen LogP contribution is -2.53. The standard InChI is InChI=1S/C34H43N3O5S/c1-24-14-20-31(21-15-24)43(40,41)37(32-13-9-10-25(2)26(32)3)23-33(38)36(22-28-16-18-30(42-5)19-17-28)27(4)34(39)35-29-11-7-6-8-12-29/h9-10,13-21,27,29H,6-8,11-12,22-23H2,1-5H3,(H,35,39)/t27-/m1/s1. The number of sulfonamides is 1. The van der Waals surface area contributed by atoms with Crippen LogP contribution in [0.5, 0.6) is 5.75 Å². The maximum atomic E-state index is 14.2. The van der Waals surface area contributed by atoms with Gasteiger partial charge in [-0.3, -0.25) is 13.9 Å². The molecule has 9 heteroatoms. The quantitative estimate of drug-likeness (QED) is 0.303. The number of rotatable bonds is 11. The lowest BCUT2D eigenvalue weighted by atomic mass is 9.95. The van der Waals surface area contributed by atoms with E-state index in [0.29, 0.717) is 11.4 Å². The molecular formula is C34H43N3O5S. The van der Waals surface area contributed by atoms with Crippen molar-refractivity contribution in [2.24, 2.45) is 0 Å². The molecule has 1 aliphatic carbocycles. The Balaban J connectivity index is 1.70. The lowest BCUT2D eigenvalue weighted by molar-refractivity contribution is -0.139. The molecule has 43 heavy (non-hydrogen) atoms. The molecule has 230 valence electrons. The van der Waals surface area contributed by atoms with Crippen LogP contribution in [0.25, 0.3) is 0 Å². The van der Waals surface area contributed by atoms with Crippen molar-refractivity contribution in [1.29, 1.82) is 0 Å². The van der Waals surface area contributed by atoms with Crippen molar-refractivity contribution >= 4 is 27.5 Å². The third-order valence-electron chi connectivity index (χ3n) is 8.36. The Morgan fingerprint density at radius 3 is 2.21 bits per heavy atom. The van der Waals surface area contributed by atoms with Gasteiger partial charge in [-0.2, -0.15) is 0 Å². The van der Waals surface area contributed by atoms with Crippen molar-refractivity contribution in [3.05, 3.63) is 89.0 Å². The van der Waals surface area contributed by atoms with E-state index >= 15 is 0 Å². The van der Waals surface area contributed by atoms with Gasteiger partial charge in [-0.15, -0.1) is 0 Å². The molecule has 0 bridgehead atoms. The molecule has 0 saturated heterocycles. The summed E-state index contributed by atoms with van der Waals surface area (Å²) in [6, 6.07) is 18.6. The summed E-state index contributed by atoms with van der Waals surface area (Å²) < 4.78 is 34.7. The van der Waals surface area contributed by atoms with Gasteiger partial charge >= 0.3 is 0 Å². The van der Waals surface area contributed by atoms with Crippen LogP contribution in [0, 0.1) is 20.8 Å². The van der Waals surface area contributed by atoms with Gasteiger partial charge in [0.1, 0.15) is 18.3 Å². The predicted octanol–water partition coefficient (Wildman–Crippen LogP) is 5.68. The summed E-state index contributed by atoms with van der Waals surface area (Å²) in [6.07, 6.45) is 5.12. The molecule has 3 aromatic rings. The molecule has 3 aromatic carbocycles. The van der Waals surface area contributed by atoms with Crippen LogP contribution in [-0.2, 0) is 26.2 Å². The Labute approximate surface area is 256 Å². The highest BCUT2D eigenvalue weighted by molar-refractivity contribution is 7.92. The van der Waals surface area contributed by atoms with Gasteiger partial charge in [-0.25, -0.2) is 8.42 Å². The number of hydrogen-bond donors (Lipinski definition) is 1. The van der Waals surface area contributed by atoms with E-state index in [0.717, 1.165) is 54.4 Å². The van der Waals surface area contributed by atoms with E-state index in [9.17, 15) is 18.0 Å². The number of nitrogens with zero attached hydrogens (tertiary/aromatic N) is 2. The van der Waals surface area contributed by atoms with Gasteiger partial charge < -0.3 is 15.0 Å². The van der Waals surface area contributed by atoms with Crippen LogP contribution in [0.1, 0.15) is 61.3 Å². The van der Waals surface area contributed by atoms with E-state index in [4.69, 9.17) is 4.74 Å². The topological polar surface area (TPSA) is 96.0 Å². The second kappa shape index (κ2) is 14.1. The maximum Gasteiger partial charge on any atom is 0.264 e. The van der Waals surface area contributed by atoms with Gasteiger partial charge in [0, 0.05) is 12.6 Å². The van der Waals surface area contributed by atoms with Crippen LogP contribution in [0.15, 0.2) is 71.6 Å². The zero-order chi connectivity index (χ0) is 31.1. The first-order valence-corrected chi connectivity index (χ1v) is 16.3. The zero-order valence-electron chi connectivity index (χ0n) is 25.8. The molecular weight excluding hydrogens is 562 g/mol. The van der Waals surface area contributed by atoms with E-state index in [1.165, 1.54) is 9.21 Å². The number of carbonyl (C=O) groups excluding carboxylic acids is 2. The average Bonchev–Trinajstić information content (AvgIpc) is 3.00. The number of methoxy groups -OCH3 is 1. The van der Waals surface area contributed by atoms with Gasteiger partial charge in [-0.1, -0.05) is 61.2 Å². The van der Waals surface area contributed by atoms with Crippen LogP contribution in [0.2, 0.25) is 0 Å². The minimum absolute atomic E-state index is 0.0787. The van der Waals surface area contributed by atoms with E-state index in [1.54, 1.807) is 62.6 Å². The van der Waals surface area contributed by atoms with Gasteiger partial charge in [0.15, 0.2) is 0 Å². The zero-order valence-corrected chi connectivity index (χ0v) is 26.6. The predicted molar refractivity (Wildman–Crippen MR) is 170 cm³/mol. The Kier molecular flexibility index (Phi) is 10.5. The smallest absolute Gasteiger partial charge is 0.264 e. The number of benzene rings is 3. The Morgan fingerprint density at radius 1 is 0.930 bits per heavy atom. The summed E-state index contributed by atoms with van der Waals surface area (Å²) in [6.45, 7) is 7.02. The van der Waals surface area contributed by atoms with Gasteiger partial charge in [0.05, 0.1) is 17.7 Å². The molecule has 0 aliphatic heterocycles. The fourth-order valence-electron chi connectivity index (χ4n) is 5.44. The molecule has 0 spiro atoms. The van der Waals surface area contributed by atoms with Gasteiger partial charge in [-0.05, 0) is 87.6 Å². The molecule has 1 fully saturated rings. The molecule has 1 saturated carbocycles. The second-order valence-corrected chi connectivity index (χ2v) is 13.3. The van der Waals surface area contributed by atoms with Crippen molar-refractivity contribution in [3.8, 4) is 5.75 Å². The molecule has 4 rings (SSSR count). The molecule has 8 nitrogen and oxygen atoms in total. The minimum atomic E-state index is -4.12. The molecule has 0 radical (unpaired) electrons. The summed E-state index contributed by atoms with van der Waals surface area (Å²) >= 11 is 0. The third-order valence-corrected chi connectivity index (χ3v) is 10.1. The molecule has 1 N–H and O–H groups in total. The van der Waals surface area contributed by atoms with Crippen LogP contribution < -0.4 is 14.4 Å². The highest BCUT2D eigenvalue weighted by Gasteiger charge is 2.34. The first-order chi connectivity index (χ1) is 20.5. The first-order valence-electron chi connectivity index (χ1n) is 14.9. The second-order valence-electron chi connectivity index (χ2n) is 11.4. The minimum Gasteiger partial charge on any atom is -0.497 e. The highest BCUT2D eigenvalue weighted by atomic mass is 32.2. The van der Waals surface area contributed by atoms with E-state index in [2.05, 4.69) is 5.32 Å². The Morgan fingerprint density at radius 2 is 1.58 bits per heavy atom. The van der Waals surface area contributed by atoms with E-state index < -0.39 is 28.5 Å². The van der Waals surface area contributed by atoms with Crippen molar-refractivity contribution in [2.75, 3.05) is 18.0 Å². The van der Waals surface area contributed by atoms with E-state index in [1.807, 2.05) is 39.0 Å². The van der Waals surface area contributed by atoms with Crippen molar-refractivity contribution in [1.82, 2.24) is 10.2 Å². The highest BCUT2D eigenvalue weighted by Crippen LogP contribution is 2.29. The molecule has 0 aromatic heterocycles. The van der Waals surface area contributed by atoms with Gasteiger partial charge in [0.25, 0.3) is 10.0 Å². The third kappa shape index (κ3) is 7.76. The molecule has 2 amide bonds. The molecule has 1 atom stereocenters. The van der Waals surface area contributed by atoms with Crippen molar-refractivity contribution in [2.45, 2.75) is 83.3 Å². The number of nitrogens with one attached hydrogen (secondary N) is 1. The maximum absolute atomic E-state index is 14.2. The SMILES string of the molecule is COc1ccc(CN(C(=O)CN(c2cccc(C)c2C)S(=O)(=O)c2ccc(C)cc2)[C@H](C)C(=O)NC2CCCCC2)cc1. The number of ether oxygens (including phenoxy) is 1. The summed E-state index contributed by atoms with van der Waals surface area (Å²) in [7, 11) is -2.54. The molecule has 0 heterocycles. The van der Waals surface area contributed by atoms with Crippen LogP contribution in [-0.4, -0.2) is 50.9 Å². The Hall–Kier alpha value is -3.85. The van der Waals surface area contributed by atoms with Crippen LogP contribution >= 0.6 is 0 Å². The average molecular weight is 606 g/mol. The summed E-state index contributed by atoms with van der Waals surface area (Å²) in [5, 5.41) is 3.14. The van der Waals surface area contributed by atoms with Gasteiger partial charge in [0.2, 0.25) is 11.8 Å². The normalized spacial score (nSPS) is 14.5. The van der Waals surface area contributed by atoms with Crippen molar-refractivity contribution < 1.29 is 22.7 Å². The number of amides is 2. The van der Waals surface area contributed by atoms with Crippen LogP contribution in [0.3, 0.4) is 0 Å². The summed E-state index contributed by atoms with van der Waals surface area (Å²) in [4.78, 5) is 29.3. The monoisotopic (exact) mass is 605 g/mol. The molecule has 0 unspecified atom stereocenters. The largest absolute Gasteiger partial charge is 0.497 e. The number of carbonyl (C=O) groups is 2. The lowest BCUT2D eigenvalue weighted by Gasteiger charge is -2.33.